The molecule has 0 aliphatic rings. The third kappa shape index (κ3) is 4.90. The summed E-state index contributed by atoms with van der Waals surface area (Å²) in [4.78, 5) is 39.5. The van der Waals surface area contributed by atoms with E-state index in [9.17, 15) is 14.4 Å². The first-order chi connectivity index (χ1) is 14.1. The highest BCUT2D eigenvalue weighted by atomic mass is 16.2. The van der Waals surface area contributed by atoms with Gasteiger partial charge < -0.3 is 20.9 Å². The van der Waals surface area contributed by atoms with Crippen LogP contribution in [0.15, 0.2) is 67.4 Å². The first kappa shape index (κ1) is 19.9. The zero-order valence-corrected chi connectivity index (χ0v) is 15.8. The lowest BCUT2D eigenvalue weighted by molar-refractivity contribution is -0.136. The molecule has 1 aromatic heterocycles. The number of benzene rings is 2. The average molecular weight is 390 g/mol. The minimum absolute atomic E-state index is 0.183. The summed E-state index contributed by atoms with van der Waals surface area (Å²) in [5.41, 5.74) is 2.73. The molecular weight excluding hydrogens is 368 g/mol. The fourth-order valence-corrected chi connectivity index (χ4v) is 2.96. The molecule has 0 aliphatic carbocycles. The standard InChI is InChI=1S/C22H22N4O3/c1-2-12-23-21(28)22(29)26-19-10-6-4-8-17(19)20(27)24-13-11-15-14-25-18-9-5-3-7-16(15)18/h2-10,14,25H,1,11-13H2,(H,23,28)(H,24,27)(H,26,29). The molecule has 0 atom stereocenters. The van der Waals surface area contributed by atoms with Gasteiger partial charge in [-0.15, -0.1) is 6.58 Å². The second-order valence-electron chi connectivity index (χ2n) is 6.36. The van der Waals surface area contributed by atoms with Crippen LogP contribution < -0.4 is 16.0 Å². The van der Waals surface area contributed by atoms with E-state index in [0.29, 0.717) is 13.0 Å². The molecular formula is C22H22N4O3. The average Bonchev–Trinajstić information content (AvgIpc) is 3.15. The van der Waals surface area contributed by atoms with Crippen molar-refractivity contribution in [3.8, 4) is 0 Å². The maximum Gasteiger partial charge on any atom is 0.313 e. The van der Waals surface area contributed by atoms with Crippen molar-refractivity contribution in [2.24, 2.45) is 0 Å². The lowest BCUT2D eigenvalue weighted by Crippen LogP contribution is -2.36. The van der Waals surface area contributed by atoms with Gasteiger partial charge in [-0.3, -0.25) is 14.4 Å². The topological polar surface area (TPSA) is 103 Å². The molecule has 7 nitrogen and oxygen atoms in total. The van der Waals surface area contributed by atoms with Crippen molar-refractivity contribution in [3.63, 3.8) is 0 Å². The predicted octanol–water partition coefficient (Wildman–Crippen LogP) is 2.38. The van der Waals surface area contributed by atoms with E-state index < -0.39 is 11.8 Å². The van der Waals surface area contributed by atoms with Gasteiger partial charge in [0, 0.05) is 30.2 Å². The van der Waals surface area contributed by atoms with Gasteiger partial charge in [0.15, 0.2) is 0 Å². The highest BCUT2D eigenvalue weighted by Gasteiger charge is 2.17. The first-order valence-corrected chi connectivity index (χ1v) is 9.22. The Morgan fingerprint density at radius 1 is 0.966 bits per heavy atom. The number of para-hydroxylation sites is 2. The van der Waals surface area contributed by atoms with E-state index in [1.54, 1.807) is 24.3 Å². The number of carbonyl (C=O) groups is 3. The van der Waals surface area contributed by atoms with Crippen LogP contribution in [-0.4, -0.2) is 35.8 Å². The van der Waals surface area contributed by atoms with Gasteiger partial charge in [0.2, 0.25) is 0 Å². The Morgan fingerprint density at radius 2 is 1.72 bits per heavy atom. The van der Waals surface area contributed by atoms with Crippen LogP contribution in [0.5, 0.6) is 0 Å². The summed E-state index contributed by atoms with van der Waals surface area (Å²) in [6.07, 6.45) is 4.07. The van der Waals surface area contributed by atoms with Gasteiger partial charge in [-0.1, -0.05) is 36.4 Å². The quantitative estimate of drug-likeness (QED) is 0.368. The summed E-state index contributed by atoms with van der Waals surface area (Å²) in [7, 11) is 0. The monoisotopic (exact) mass is 390 g/mol. The van der Waals surface area contributed by atoms with E-state index in [2.05, 4.69) is 27.5 Å². The van der Waals surface area contributed by atoms with E-state index in [4.69, 9.17) is 0 Å². The highest BCUT2D eigenvalue weighted by Crippen LogP contribution is 2.18. The number of aromatic amines is 1. The maximum absolute atomic E-state index is 12.6. The van der Waals surface area contributed by atoms with Crippen LogP contribution in [0.2, 0.25) is 0 Å². The van der Waals surface area contributed by atoms with Gasteiger partial charge in [-0.25, -0.2) is 0 Å². The molecule has 2 aromatic carbocycles. The molecule has 0 saturated heterocycles. The van der Waals surface area contributed by atoms with Crippen LogP contribution in [0.1, 0.15) is 15.9 Å². The first-order valence-electron chi connectivity index (χ1n) is 9.22. The number of nitrogens with one attached hydrogen (secondary N) is 4. The number of hydrogen-bond donors (Lipinski definition) is 4. The van der Waals surface area contributed by atoms with E-state index in [1.807, 2.05) is 30.5 Å². The molecule has 3 rings (SSSR count). The van der Waals surface area contributed by atoms with Crippen LogP contribution in [-0.2, 0) is 16.0 Å². The molecule has 148 valence electrons. The van der Waals surface area contributed by atoms with Crippen LogP contribution >= 0.6 is 0 Å². The Kier molecular flexibility index (Phi) is 6.42. The van der Waals surface area contributed by atoms with Gasteiger partial charge >= 0.3 is 11.8 Å². The minimum Gasteiger partial charge on any atom is -0.361 e. The fraction of sp³-hybridized carbons (Fsp3) is 0.136. The molecule has 0 unspecified atom stereocenters. The fourth-order valence-electron chi connectivity index (χ4n) is 2.96. The predicted molar refractivity (Wildman–Crippen MR) is 113 cm³/mol. The van der Waals surface area contributed by atoms with Crippen LogP contribution in [0.25, 0.3) is 10.9 Å². The number of amides is 3. The summed E-state index contributed by atoms with van der Waals surface area (Å²) in [5.74, 6) is -1.96. The Hall–Kier alpha value is -3.87. The minimum atomic E-state index is -0.842. The molecule has 0 radical (unpaired) electrons. The molecule has 3 aromatic rings. The molecule has 0 aliphatic heterocycles. The van der Waals surface area contributed by atoms with Crippen molar-refractivity contribution in [1.82, 2.24) is 15.6 Å². The Labute approximate surface area is 168 Å². The number of aromatic nitrogens is 1. The normalized spacial score (nSPS) is 10.3. The number of rotatable bonds is 7. The third-order valence-electron chi connectivity index (χ3n) is 4.39. The lowest BCUT2D eigenvalue weighted by atomic mass is 10.1. The van der Waals surface area contributed by atoms with Gasteiger partial charge in [0.25, 0.3) is 5.91 Å². The van der Waals surface area contributed by atoms with Crippen molar-refractivity contribution < 1.29 is 14.4 Å². The van der Waals surface area contributed by atoms with Crippen molar-refractivity contribution >= 4 is 34.3 Å². The molecule has 7 heteroatoms. The molecule has 0 bridgehead atoms. The lowest BCUT2D eigenvalue weighted by Gasteiger charge is -2.11. The molecule has 0 saturated carbocycles. The van der Waals surface area contributed by atoms with Gasteiger partial charge in [-0.2, -0.15) is 0 Å². The summed E-state index contributed by atoms with van der Waals surface area (Å²) >= 11 is 0. The molecule has 1 heterocycles. The molecule has 0 spiro atoms. The molecule has 4 N–H and O–H groups in total. The van der Waals surface area contributed by atoms with Crippen LogP contribution in [0.3, 0.4) is 0 Å². The van der Waals surface area contributed by atoms with Crippen molar-refractivity contribution in [1.29, 1.82) is 0 Å². The number of H-pyrrole nitrogens is 1. The Balaban J connectivity index is 1.61. The smallest absolute Gasteiger partial charge is 0.313 e. The number of hydrogen-bond acceptors (Lipinski definition) is 3. The maximum atomic E-state index is 12.6. The second-order valence-corrected chi connectivity index (χ2v) is 6.36. The van der Waals surface area contributed by atoms with Gasteiger partial charge in [0.05, 0.1) is 11.3 Å². The van der Waals surface area contributed by atoms with Crippen LogP contribution in [0, 0.1) is 0 Å². The zero-order chi connectivity index (χ0) is 20.6. The van der Waals surface area contributed by atoms with Crippen molar-refractivity contribution in [3.05, 3.63) is 78.5 Å². The number of carbonyl (C=O) groups excluding carboxylic acids is 3. The van der Waals surface area contributed by atoms with Gasteiger partial charge in [-0.05, 0) is 30.2 Å². The summed E-state index contributed by atoms with van der Waals surface area (Å²) in [6, 6.07) is 14.5. The van der Waals surface area contributed by atoms with E-state index in [-0.39, 0.29) is 23.7 Å². The number of fused-ring (bicyclic) bond motifs is 1. The highest BCUT2D eigenvalue weighted by molar-refractivity contribution is 6.40. The Morgan fingerprint density at radius 3 is 2.55 bits per heavy atom. The Bertz CT molecular complexity index is 1050. The largest absolute Gasteiger partial charge is 0.361 e. The van der Waals surface area contributed by atoms with E-state index in [0.717, 1.165) is 16.5 Å². The number of anilines is 1. The van der Waals surface area contributed by atoms with Crippen molar-refractivity contribution in [2.75, 3.05) is 18.4 Å². The third-order valence-corrected chi connectivity index (χ3v) is 4.39. The molecule has 29 heavy (non-hydrogen) atoms. The molecule has 0 fully saturated rings. The van der Waals surface area contributed by atoms with Gasteiger partial charge in [0.1, 0.15) is 0 Å². The van der Waals surface area contributed by atoms with Crippen molar-refractivity contribution in [2.45, 2.75) is 6.42 Å². The zero-order valence-electron chi connectivity index (χ0n) is 15.8. The SMILES string of the molecule is C=CCNC(=O)C(=O)Nc1ccccc1C(=O)NCCc1c[nH]c2ccccc12. The van der Waals surface area contributed by atoms with Crippen LogP contribution in [0.4, 0.5) is 5.69 Å². The summed E-state index contributed by atoms with van der Waals surface area (Å²) in [6.45, 7) is 4.09. The molecule has 3 amide bonds. The van der Waals surface area contributed by atoms with E-state index >= 15 is 0 Å². The van der Waals surface area contributed by atoms with E-state index in [1.165, 1.54) is 6.08 Å². The second kappa shape index (κ2) is 9.36. The summed E-state index contributed by atoms with van der Waals surface area (Å²) < 4.78 is 0. The summed E-state index contributed by atoms with van der Waals surface area (Å²) in [5, 5.41) is 8.86.